The fraction of sp³-hybridized carbons (Fsp3) is 0.571. The molecule has 0 fully saturated rings. The number of nitrogens with one attached hydrogen (secondary N) is 3. The lowest BCUT2D eigenvalue weighted by Crippen LogP contribution is -2.38. The van der Waals surface area contributed by atoms with Crippen LogP contribution in [0.1, 0.15) is 39.2 Å². The summed E-state index contributed by atoms with van der Waals surface area (Å²) in [5.74, 6) is 0.648. The highest BCUT2D eigenvalue weighted by Crippen LogP contribution is 2.19. The molecule has 2 rings (SSSR count). The first-order valence-corrected chi connectivity index (χ1v) is 9.99. The van der Waals surface area contributed by atoms with Crippen LogP contribution in [0.4, 0.5) is 4.39 Å². The lowest BCUT2D eigenvalue weighted by Gasteiger charge is -2.20. The maximum absolute atomic E-state index is 13.5. The lowest BCUT2D eigenvalue weighted by atomic mass is 10.1. The van der Waals surface area contributed by atoms with Crippen molar-refractivity contribution in [2.45, 2.75) is 46.1 Å². The smallest absolute Gasteiger partial charge is 0.191 e. The zero-order valence-electron chi connectivity index (χ0n) is 17.5. The number of aromatic amines is 1. The molecule has 1 aromatic heterocycles. The minimum absolute atomic E-state index is 0. The lowest BCUT2D eigenvalue weighted by molar-refractivity contribution is 0.269. The van der Waals surface area contributed by atoms with Crippen LogP contribution in [0.3, 0.4) is 0 Å². The Balaban J connectivity index is 0.00000392. The third-order valence-electron chi connectivity index (χ3n) is 4.83. The number of benzene rings is 1. The molecule has 0 amide bonds. The number of unbranched alkanes of at least 4 members (excludes halogenated alkanes) is 1. The van der Waals surface area contributed by atoms with E-state index >= 15 is 0 Å². The molecule has 0 bridgehead atoms. The fourth-order valence-corrected chi connectivity index (χ4v) is 2.94. The molecule has 1 aromatic carbocycles. The first kappa shape index (κ1) is 24.7. The highest BCUT2D eigenvalue weighted by Gasteiger charge is 2.06. The van der Waals surface area contributed by atoms with Crippen molar-refractivity contribution in [2.24, 2.45) is 4.99 Å². The van der Waals surface area contributed by atoms with Crippen LogP contribution >= 0.6 is 24.0 Å². The van der Waals surface area contributed by atoms with Crippen molar-refractivity contribution >= 4 is 40.8 Å². The van der Waals surface area contributed by atoms with Gasteiger partial charge in [-0.1, -0.05) is 0 Å². The number of hydrogen-bond acceptors (Lipinski definition) is 2. The number of hydrogen-bond donors (Lipinski definition) is 3. The number of rotatable bonds is 10. The number of nitrogens with zero attached hydrogens (tertiary/aromatic N) is 2. The minimum Gasteiger partial charge on any atom is -0.361 e. The van der Waals surface area contributed by atoms with Crippen molar-refractivity contribution in [3.05, 3.63) is 35.8 Å². The van der Waals surface area contributed by atoms with Gasteiger partial charge in [-0.3, -0.25) is 4.99 Å². The normalized spacial score (nSPS) is 11.9. The summed E-state index contributed by atoms with van der Waals surface area (Å²) in [6.45, 7) is 10.0. The quantitative estimate of drug-likeness (QED) is 0.198. The van der Waals surface area contributed by atoms with Gasteiger partial charge in [0.1, 0.15) is 5.82 Å². The third kappa shape index (κ3) is 7.95. The maximum Gasteiger partial charge on any atom is 0.191 e. The average Bonchev–Trinajstić information content (AvgIpc) is 3.03. The van der Waals surface area contributed by atoms with Crippen LogP contribution in [0.25, 0.3) is 10.9 Å². The summed E-state index contributed by atoms with van der Waals surface area (Å²) in [5.41, 5.74) is 2.09. The van der Waals surface area contributed by atoms with Gasteiger partial charge in [-0.2, -0.15) is 0 Å². The van der Waals surface area contributed by atoms with E-state index in [0.717, 1.165) is 67.9 Å². The predicted molar refractivity (Wildman–Crippen MR) is 128 cm³/mol. The second kappa shape index (κ2) is 13.0. The average molecular weight is 503 g/mol. The molecule has 158 valence electrons. The molecule has 5 nitrogen and oxygen atoms in total. The highest BCUT2D eigenvalue weighted by atomic mass is 127. The molecule has 2 aromatic rings. The minimum atomic E-state index is -0.200. The number of aliphatic imine (C=N–C) groups is 1. The van der Waals surface area contributed by atoms with Crippen molar-refractivity contribution in [1.82, 2.24) is 20.5 Å². The molecule has 1 heterocycles. The van der Waals surface area contributed by atoms with E-state index in [9.17, 15) is 4.39 Å². The molecule has 7 heteroatoms. The van der Waals surface area contributed by atoms with Crippen molar-refractivity contribution in [2.75, 3.05) is 33.2 Å². The Kier molecular flexibility index (Phi) is 11.4. The second-order valence-electron chi connectivity index (χ2n) is 7.22. The first-order chi connectivity index (χ1) is 13.0. The van der Waals surface area contributed by atoms with E-state index in [1.54, 1.807) is 12.1 Å². The highest BCUT2D eigenvalue weighted by molar-refractivity contribution is 14.0. The summed E-state index contributed by atoms with van der Waals surface area (Å²) in [4.78, 5) is 10.2. The Morgan fingerprint density at radius 1 is 1.25 bits per heavy atom. The van der Waals surface area contributed by atoms with Crippen molar-refractivity contribution in [3.63, 3.8) is 0 Å². The van der Waals surface area contributed by atoms with E-state index in [1.807, 2.05) is 6.20 Å². The molecular formula is C21H35FIN5. The molecule has 0 spiro atoms. The van der Waals surface area contributed by atoms with Gasteiger partial charge in [0.05, 0.1) is 0 Å². The molecule has 0 aliphatic carbocycles. The Labute approximate surface area is 185 Å². The number of aromatic nitrogens is 1. The summed E-state index contributed by atoms with van der Waals surface area (Å²) in [6.07, 6.45) is 5.00. The van der Waals surface area contributed by atoms with Crippen LogP contribution < -0.4 is 10.6 Å². The number of fused-ring (bicyclic) bond motifs is 1. The van der Waals surface area contributed by atoms with Crippen molar-refractivity contribution in [3.8, 4) is 0 Å². The zero-order chi connectivity index (χ0) is 19.6. The van der Waals surface area contributed by atoms with Gasteiger partial charge in [0.15, 0.2) is 5.96 Å². The number of H-pyrrole nitrogens is 1. The summed E-state index contributed by atoms with van der Waals surface area (Å²) in [6, 6.07) is 5.44. The van der Waals surface area contributed by atoms with E-state index in [4.69, 9.17) is 0 Å². The SMILES string of the molecule is CCNC(=NCCCCN(C)C(C)C)NCCc1c[nH]c2ccc(F)cc12.I. The van der Waals surface area contributed by atoms with E-state index in [1.165, 1.54) is 6.07 Å². The molecule has 0 unspecified atom stereocenters. The van der Waals surface area contributed by atoms with Crippen LogP contribution in [0.5, 0.6) is 0 Å². The van der Waals surface area contributed by atoms with Gasteiger partial charge < -0.3 is 20.5 Å². The first-order valence-electron chi connectivity index (χ1n) is 9.99. The Morgan fingerprint density at radius 3 is 2.75 bits per heavy atom. The summed E-state index contributed by atoms with van der Waals surface area (Å²) < 4.78 is 13.5. The third-order valence-corrected chi connectivity index (χ3v) is 4.83. The molecule has 0 aliphatic rings. The molecule has 28 heavy (non-hydrogen) atoms. The van der Waals surface area contributed by atoms with Gasteiger partial charge in [-0.15, -0.1) is 24.0 Å². The molecule has 0 aliphatic heterocycles. The zero-order valence-corrected chi connectivity index (χ0v) is 19.8. The van der Waals surface area contributed by atoms with Gasteiger partial charge in [-0.25, -0.2) is 4.39 Å². The molecule has 0 radical (unpaired) electrons. The Bertz CT molecular complexity index is 729. The van der Waals surface area contributed by atoms with Crippen molar-refractivity contribution < 1.29 is 4.39 Å². The fourth-order valence-electron chi connectivity index (χ4n) is 2.94. The standard InChI is InChI=1S/C21H34FN5.HI/c1-5-23-21(24-11-6-7-13-27(4)16(2)3)25-12-10-17-15-26-20-9-8-18(22)14-19(17)20;/h8-9,14-16,26H,5-7,10-13H2,1-4H3,(H2,23,24,25);1H. The van der Waals surface area contributed by atoms with Gasteiger partial charge >= 0.3 is 0 Å². The van der Waals surface area contributed by atoms with E-state index < -0.39 is 0 Å². The second-order valence-corrected chi connectivity index (χ2v) is 7.22. The van der Waals surface area contributed by atoms with Gasteiger partial charge in [-0.05, 0) is 77.4 Å². The van der Waals surface area contributed by atoms with Crippen LogP contribution in [0.15, 0.2) is 29.4 Å². The summed E-state index contributed by atoms with van der Waals surface area (Å²) >= 11 is 0. The molecule has 0 saturated heterocycles. The number of halogens is 2. The molecular weight excluding hydrogens is 468 g/mol. The van der Waals surface area contributed by atoms with E-state index in [2.05, 4.69) is 53.3 Å². The van der Waals surface area contributed by atoms with Gasteiger partial charge in [0, 0.05) is 42.8 Å². The van der Waals surface area contributed by atoms with Crippen molar-refractivity contribution in [1.29, 1.82) is 0 Å². The molecule has 3 N–H and O–H groups in total. The van der Waals surface area contributed by atoms with E-state index in [-0.39, 0.29) is 29.8 Å². The van der Waals surface area contributed by atoms with Gasteiger partial charge in [0.2, 0.25) is 0 Å². The molecule has 0 saturated carbocycles. The van der Waals surface area contributed by atoms with Crippen LogP contribution in [0, 0.1) is 5.82 Å². The van der Waals surface area contributed by atoms with E-state index in [0.29, 0.717) is 6.04 Å². The number of guanidine groups is 1. The van der Waals surface area contributed by atoms with Gasteiger partial charge in [0.25, 0.3) is 0 Å². The van der Waals surface area contributed by atoms with Crippen LogP contribution in [0.2, 0.25) is 0 Å². The van der Waals surface area contributed by atoms with Crippen LogP contribution in [-0.2, 0) is 6.42 Å². The topological polar surface area (TPSA) is 55.5 Å². The summed E-state index contributed by atoms with van der Waals surface area (Å²) in [5, 5.41) is 7.62. The van der Waals surface area contributed by atoms with Crippen LogP contribution in [-0.4, -0.2) is 55.1 Å². The summed E-state index contributed by atoms with van der Waals surface area (Å²) in [7, 11) is 2.16. The Morgan fingerprint density at radius 2 is 2.04 bits per heavy atom. The molecule has 0 atom stereocenters. The predicted octanol–water partition coefficient (Wildman–Crippen LogP) is 4.14. The Hall–Kier alpha value is -1.35. The largest absolute Gasteiger partial charge is 0.361 e. The monoisotopic (exact) mass is 503 g/mol. The maximum atomic E-state index is 13.5.